The molecule has 0 aromatic heterocycles. The summed E-state index contributed by atoms with van der Waals surface area (Å²) in [6.07, 6.45) is 0.892. The van der Waals surface area contributed by atoms with Gasteiger partial charge in [-0.05, 0) is 17.9 Å². The maximum Gasteiger partial charge on any atom is 0.0419 e. The fraction of sp³-hybridized carbons (Fsp3) is 0.231. The summed E-state index contributed by atoms with van der Waals surface area (Å²) in [5.74, 6) is 0. The molecule has 2 nitrogen and oxygen atoms in total. The van der Waals surface area contributed by atoms with Gasteiger partial charge >= 0.3 is 0 Å². The predicted octanol–water partition coefficient (Wildman–Crippen LogP) is 2.92. The Bertz CT molecular complexity index is 432. The highest BCUT2D eigenvalue weighted by Crippen LogP contribution is 2.22. The molecule has 2 rings (SSSR count). The summed E-state index contributed by atoms with van der Waals surface area (Å²) in [4.78, 5) is 0. The number of fused-ring (bicyclic) bond motifs is 1. The van der Waals surface area contributed by atoms with Crippen molar-refractivity contribution >= 4 is 16.5 Å². The molecule has 0 fully saturated rings. The second kappa shape index (κ2) is 4.80. The minimum absolute atomic E-state index is 0.484. The van der Waals surface area contributed by atoms with Gasteiger partial charge in [0.1, 0.15) is 0 Å². The van der Waals surface area contributed by atoms with E-state index in [1.54, 1.807) is 0 Å². The van der Waals surface area contributed by atoms with Crippen LogP contribution in [0.5, 0.6) is 0 Å². The van der Waals surface area contributed by atoms with Crippen molar-refractivity contribution < 1.29 is 0 Å². The molecule has 15 heavy (non-hydrogen) atoms. The molecule has 0 saturated heterocycles. The molecule has 0 heterocycles. The van der Waals surface area contributed by atoms with E-state index in [1.165, 1.54) is 16.5 Å². The first-order chi connectivity index (χ1) is 7.42. The molecule has 0 bridgehead atoms. The Kier molecular flexibility index (Phi) is 3.20. The monoisotopic (exact) mass is 199 g/mol. The first-order valence-electron chi connectivity index (χ1n) is 5.28. The number of hydrogen-bond donors (Lipinski definition) is 1. The van der Waals surface area contributed by atoms with Crippen LogP contribution in [0, 0.1) is 0 Å². The SMILES string of the molecule is [NH]CCCNc1cccc2ccccc12. The third-order valence-corrected chi connectivity index (χ3v) is 2.46. The Morgan fingerprint density at radius 1 is 1.00 bits per heavy atom. The molecule has 0 aliphatic carbocycles. The summed E-state index contributed by atoms with van der Waals surface area (Å²) in [5, 5.41) is 5.88. The highest BCUT2D eigenvalue weighted by Gasteiger charge is 1.97. The van der Waals surface area contributed by atoms with E-state index in [2.05, 4.69) is 47.8 Å². The summed E-state index contributed by atoms with van der Waals surface area (Å²) in [5.41, 5.74) is 8.26. The maximum atomic E-state index is 7.09. The molecular weight excluding hydrogens is 184 g/mol. The molecule has 0 aliphatic heterocycles. The minimum Gasteiger partial charge on any atom is -0.384 e. The smallest absolute Gasteiger partial charge is 0.0419 e. The Balaban J connectivity index is 2.26. The Labute approximate surface area is 90.1 Å². The lowest BCUT2D eigenvalue weighted by Gasteiger charge is -2.08. The van der Waals surface area contributed by atoms with E-state index < -0.39 is 0 Å². The second-order valence-electron chi connectivity index (χ2n) is 3.56. The molecule has 2 aromatic rings. The van der Waals surface area contributed by atoms with Crippen LogP contribution in [0.15, 0.2) is 42.5 Å². The zero-order chi connectivity index (χ0) is 10.5. The molecule has 0 amide bonds. The first kappa shape index (κ1) is 9.99. The van der Waals surface area contributed by atoms with Gasteiger partial charge in [0.05, 0.1) is 0 Å². The first-order valence-corrected chi connectivity index (χ1v) is 5.28. The molecule has 77 valence electrons. The van der Waals surface area contributed by atoms with Gasteiger partial charge in [-0.3, -0.25) is 5.73 Å². The van der Waals surface area contributed by atoms with Crippen molar-refractivity contribution in [3.63, 3.8) is 0 Å². The van der Waals surface area contributed by atoms with Gasteiger partial charge in [-0.1, -0.05) is 36.4 Å². The van der Waals surface area contributed by atoms with Crippen molar-refractivity contribution in [2.24, 2.45) is 0 Å². The van der Waals surface area contributed by atoms with Crippen LogP contribution in [0.4, 0.5) is 5.69 Å². The molecule has 0 atom stereocenters. The molecular formula is C13H15N2. The average Bonchev–Trinajstić information content (AvgIpc) is 2.30. The summed E-state index contributed by atoms with van der Waals surface area (Å²) >= 11 is 0. The second-order valence-corrected chi connectivity index (χ2v) is 3.56. The highest BCUT2D eigenvalue weighted by atomic mass is 14.9. The van der Waals surface area contributed by atoms with Crippen LogP contribution in [0.2, 0.25) is 0 Å². The molecule has 1 radical (unpaired) electrons. The van der Waals surface area contributed by atoms with Crippen LogP contribution in [0.1, 0.15) is 6.42 Å². The summed E-state index contributed by atoms with van der Waals surface area (Å²) < 4.78 is 0. The summed E-state index contributed by atoms with van der Waals surface area (Å²) in [6.45, 7) is 1.36. The molecule has 0 spiro atoms. The van der Waals surface area contributed by atoms with E-state index in [-0.39, 0.29) is 0 Å². The van der Waals surface area contributed by atoms with Crippen molar-refractivity contribution in [2.75, 3.05) is 18.4 Å². The van der Waals surface area contributed by atoms with E-state index >= 15 is 0 Å². The Hall–Kier alpha value is -1.54. The zero-order valence-corrected chi connectivity index (χ0v) is 8.66. The molecule has 2 heteroatoms. The lowest BCUT2D eigenvalue weighted by molar-refractivity contribution is 0.856. The lowest BCUT2D eigenvalue weighted by atomic mass is 10.1. The molecule has 2 N–H and O–H groups in total. The Morgan fingerprint density at radius 3 is 2.67 bits per heavy atom. The fourth-order valence-electron chi connectivity index (χ4n) is 1.69. The van der Waals surface area contributed by atoms with Gasteiger partial charge in [0.25, 0.3) is 0 Å². The van der Waals surface area contributed by atoms with Crippen molar-refractivity contribution in [3.05, 3.63) is 42.5 Å². The van der Waals surface area contributed by atoms with Crippen molar-refractivity contribution in [2.45, 2.75) is 6.42 Å². The van der Waals surface area contributed by atoms with Crippen LogP contribution in [0.25, 0.3) is 10.8 Å². The average molecular weight is 199 g/mol. The van der Waals surface area contributed by atoms with Crippen LogP contribution < -0.4 is 11.1 Å². The van der Waals surface area contributed by atoms with Crippen molar-refractivity contribution in [1.82, 2.24) is 5.73 Å². The minimum atomic E-state index is 0.484. The summed E-state index contributed by atoms with van der Waals surface area (Å²) in [7, 11) is 0. The maximum absolute atomic E-state index is 7.09. The number of rotatable bonds is 4. The highest BCUT2D eigenvalue weighted by molar-refractivity contribution is 5.93. The number of nitrogens with one attached hydrogen (secondary N) is 2. The molecule has 2 aromatic carbocycles. The van der Waals surface area contributed by atoms with Crippen molar-refractivity contribution in [1.29, 1.82) is 0 Å². The van der Waals surface area contributed by atoms with E-state index in [9.17, 15) is 0 Å². The van der Waals surface area contributed by atoms with E-state index in [0.29, 0.717) is 6.54 Å². The fourth-order valence-corrected chi connectivity index (χ4v) is 1.69. The van der Waals surface area contributed by atoms with Crippen LogP contribution in [-0.2, 0) is 0 Å². The van der Waals surface area contributed by atoms with Gasteiger partial charge in [-0.25, -0.2) is 0 Å². The summed E-state index contributed by atoms with van der Waals surface area (Å²) in [6, 6.07) is 14.6. The number of anilines is 1. The standard InChI is InChI=1S/C13H15N2/c14-9-4-10-15-13-8-3-6-11-5-1-2-7-12(11)13/h1-3,5-8,14-15H,4,9-10H2. The largest absolute Gasteiger partial charge is 0.384 e. The van der Waals surface area contributed by atoms with E-state index in [0.717, 1.165) is 13.0 Å². The quantitative estimate of drug-likeness (QED) is 0.755. The van der Waals surface area contributed by atoms with Gasteiger partial charge in [-0.15, -0.1) is 0 Å². The molecule has 0 saturated carbocycles. The molecule has 0 unspecified atom stereocenters. The van der Waals surface area contributed by atoms with Gasteiger partial charge in [-0.2, -0.15) is 0 Å². The van der Waals surface area contributed by atoms with Crippen LogP contribution in [-0.4, -0.2) is 13.1 Å². The Morgan fingerprint density at radius 2 is 1.80 bits per heavy atom. The topological polar surface area (TPSA) is 35.8 Å². The third-order valence-electron chi connectivity index (χ3n) is 2.46. The van der Waals surface area contributed by atoms with Gasteiger partial charge < -0.3 is 5.32 Å². The predicted molar refractivity (Wildman–Crippen MR) is 65.0 cm³/mol. The lowest BCUT2D eigenvalue weighted by Crippen LogP contribution is -2.04. The number of benzene rings is 2. The normalized spacial score (nSPS) is 10.5. The third kappa shape index (κ3) is 2.28. The van der Waals surface area contributed by atoms with Gasteiger partial charge in [0.2, 0.25) is 0 Å². The molecule has 0 aliphatic rings. The number of hydrogen-bond acceptors (Lipinski definition) is 1. The van der Waals surface area contributed by atoms with Crippen molar-refractivity contribution in [3.8, 4) is 0 Å². The van der Waals surface area contributed by atoms with Gasteiger partial charge in [0, 0.05) is 24.2 Å². The zero-order valence-electron chi connectivity index (χ0n) is 8.66. The van der Waals surface area contributed by atoms with E-state index in [4.69, 9.17) is 5.73 Å². The van der Waals surface area contributed by atoms with E-state index in [1.807, 2.05) is 0 Å². The van der Waals surface area contributed by atoms with Crippen LogP contribution in [0.3, 0.4) is 0 Å². The van der Waals surface area contributed by atoms with Gasteiger partial charge in [0.15, 0.2) is 0 Å². The van der Waals surface area contributed by atoms with Crippen LogP contribution >= 0.6 is 0 Å².